The molecule has 0 aliphatic carbocycles. The van der Waals surface area contributed by atoms with Gasteiger partial charge in [-0.2, -0.15) is 0 Å². The van der Waals surface area contributed by atoms with Crippen molar-refractivity contribution < 1.29 is 23.5 Å². The fourth-order valence-electron chi connectivity index (χ4n) is 2.07. The van der Waals surface area contributed by atoms with Crippen molar-refractivity contribution >= 4 is 15.6 Å². The Labute approximate surface area is 102 Å². The Hall–Kier alpha value is 0.0949. The van der Waals surface area contributed by atoms with Gasteiger partial charge in [0.05, 0.1) is 18.8 Å². The molecule has 1 unspecified atom stereocenters. The molecule has 0 aromatic heterocycles. The number of hydrogen-bond donors (Lipinski definition) is 1. The van der Waals surface area contributed by atoms with Gasteiger partial charge in [0.2, 0.25) is 7.75 Å². The zero-order valence-electron chi connectivity index (χ0n) is 9.92. The summed E-state index contributed by atoms with van der Waals surface area (Å²) < 4.78 is 27.5. The van der Waals surface area contributed by atoms with Crippen LogP contribution in [0.5, 0.6) is 0 Å². The summed E-state index contributed by atoms with van der Waals surface area (Å²) in [6.07, 6.45) is -0.178. The van der Waals surface area contributed by atoms with Gasteiger partial charge >= 0.3 is 0 Å². The van der Waals surface area contributed by atoms with Gasteiger partial charge in [0.15, 0.2) is 0 Å². The summed E-state index contributed by atoms with van der Waals surface area (Å²) in [6, 6.07) is -0.518. The second-order valence-electron chi connectivity index (χ2n) is 4.74. The van der Waals surface area contributed by atoms with Gasteiger partial charge in [-0.3, -0.25) is 9.65 Å². The van der Waals surface area contributed by atoms with Crippen molar-refractivity contribution in [1.82, 2.24) is 5.09 Å². The Balaban J connectivity index is 2.10. The van der Waals surface area contributed by atoms with Crippen molar-refractivity contribution in [2.45, 2.75) is 44.1 Å². The maximum atomic E-state index is 11.3. The predicted octanol–water partition coefficient (Wildman–Crippen LogP) is -0.478. The summed E-state index contributed by atoms with van der Waals surface area (Å²) in [5, 5.41) is 2.33. The molecule has 0 saturated carbocycles. The minimum atomic E-state index is -3.96. The first-order valence-corrected chi connectivity index (χ1v) is 7.17. The Morgan fingerprint density at radius 1 is 1.71 bits per heavy atom. The van der Waals surface area contributed by atoms with Crippen molar-refractivity contribution in [3.05, 3.63) is 0 Å². The van der Waals surface area contributed by atoms with Crippen LogP contribution >= 0.6 is 7.75 Å². The molecule has 2 rings (SSSR count). The normalized spacial score (nSPS) is 46.1. The van der Waals surface area contributed by atoms with Crippen LogP contribution in [0, 0.1) is 0 Å². The first-order valence-electron chi connectivity index (χ1n) is 5.63. The molecule has 2 heterocycles. The van der Waals surface area contributed by atoms with Crippen LogP contribution in [0.3, 0.4) is 0 Å². The van der Waals surface area contributed by atoms with Gasteiger partial charge in [-0.25, -0.2) is 0 Å². The van der Waals surface area contributed by atoms with E-state index in [2.05, 4.69) is 5.09 Å². The van der Waals surface area contributed by atoms with Gasteiger partial charge in [-0.05, 0) is 20.3 Å². The number of hydrogen-bond acceptors (Lipinski definition) is 5. The van der Waals surface area contributed by atoms with Crippen molar-refractivity contribution in [3.63, 3.8) is 0 Å². The third kappa shape index (κ3) is 2.92. The van der Waals surface area contributed by atoms with E-state index in [1.54, 1.807) is 0 Å². The molecule has 2 saturated heterocycles. The molecular weight excluding hydrogens is 244 g/mol. The van der Waals surface area contributed by atoms with Gasteiger partial charge in [0.25, 0.3) is 0 Å². The highest BCUT2D eigenvalue weighted by Crippen LogP contribution is 2.47. The molecule has 0 aromatic rings. The Morgan fingerprint density at radius 2 is 2.41 bits per heavy atom. The molecular formula is C9H16BNO5P-. The standard InChI is InChI=1S/C9H17BNO5P/c1-6(2)14-5-9-4-11-17(12,13)16-7(9)3-8(10)15-9/h6-8H,3-5H2,1-2H3,(H2,11,12,13)/p-1/t7-,8-,9-/m1/s1. The molecule has 1 N–H and O–H groups in total. The lowest BCUT2D eigenvalue weighted by molar-refractivity contribution is -0.223. The minimum Gasteiger partial charge on any atom is -0.766 e. The summed E-state index contributed by atoms with van der Waals surface area (Å²) in [6.45, 7) is 4.20. The SMILES string of the molecule is [B][C@H]1C[C@H]2OP(=O)([O-])NC[C@]2(COC(C)C)O1. The Morgan fingerprint density at radius 3 is 3.06 bits per heavy atom. The summed E-state index contributed by atoms with van der Waals surface area (Å²) in [5.74, 6) is 0. The van der Waals surface area contributed by atoms with E-state index >= 15 is 0 Å². The van der Waals surface area contributed by atoms with Gasteiger partial charge in [-0.1, -0.05) is 0 Å². The molecule has 0 aromatic carbocycles. The maximum Gasteiger partial charge on any atom is 0.204 e. The molecule has 17 heavy (non-hydrogen) atoms. The first-order chi connectivity index (χ1) is 7.83. The molecule has 0 bridgehead atoms. The smallest absolute Gasteiger partial charge is 0.204 e. The van der Waals surface area contributed by atoms with Crippen LogP contribution < -0.4 is 9.98 Å². The van der Waals surface area contributed by atoms with Crippen molar-refractivity contribution in [1.29, 1.82) is 0 Å². The van der Waals surface area contributed by atoms with Gasteiger partial charge in [-0.15, -0.1) is 0 Å². The molecule has 2 aliphatic rings. The zero-order valence-corrected chi connectivity index (χ0v) is 10.8. The van der Waals surface area contributed by atoms with Crippen LogP contribution in [-0.2, 0) is 18.6 Å². The summed E-state index contributed by atoms with van der Waals surface area (Å²) in [5.41, 5.74) is -0.804. The lowest BCUT2D eigenvalue weighted by Gasteiger charge is -2.43. The summed E-state index contributed by atoms with van der Waals surface area (Å²) in [7, 11) is 1.73. The van der Waals surface area contributed by atoms with E-state index in [1.807, 2.05) is 13.8 Å². The average molecular weight is 260 g/mol. The highest BCUT2D eigenvalue weighted by Gasteiger charge is 2.52. The second-order valence-corrected chi connectivity index (χ2v) is 6.26. The molecule has 6 nitrogen and oxygen atoms in total. The van der Waals surface area contributed by atoms with Crippen LogP contribution in [0.1, 0.15) is 20.3 Å². The van der Waals surface area contributed by atoms with Crippen LogP contribution in [-0.4, -0.2) is 44.8 Å². The van der Waals surface area contributed by atoms with E-state index in [4.69, 9.17) is 21.8 Å². The number of nitrogens with one attached hydrogen (secondary N) is 1. The van der Waals surface area contributed by atoms with Crippen molar-refractivity contribution in [3.8, 4) is 0 Å². The monoisotopic (exact) mass is 260 g/mol. The third-order valence-corrected chi connectivity index (χ3v) is 4.00. The predicted molar refractivity (Wildman–Crippen MR) is 59.5 cm³/mol. The molecule has 4 atom stereocenters. The molecule has 2 aliphatic heterocycles. The lowest BCUT2D eigenvalue weighted by atomic mass is 9.92. The number of ether oxygens (including phenoxy) is 2. The van der Waals surface area contributed by atoms with E-state index < -0.39 is 25.5 Å². The lowest BCUT2D eigenvalue weighted by Crippen LogP contribution is -2.57. The summed E-state index contributed by atoms with van der Waals surface area (Å²) >= 11 is 0. The van der Waals surface area contributed by atoms with E-state index in [1.165, 1.54) is 0 Å². The average Bonchev–Trinajstić information content (AvgIpc) is 2.50. The van der Waals surface area contributed by atoms with Crippen LogP contribution in [0.25, 0.3) is 0 Å². The second kappa shape index (κ2) is 4.65. The topological polar surface area (TPSA) is 79.9 Å². The van der Waals surface area contributed by atoms with Crippen LogP contribution in [0.15, 0.2) is 0 Å². The quantitative estimate of drug-likeness (QED) is 0.545. The molecule has 96 valence electrons. The number of rotatable bonds is 3. The number of fused-ring (bicyclic) bond motifs is 1. The molecule has 0 amide bonds. The maximum absolute atomic E-state index is 11.3. The molecule has 8 heteroatoms. The van der Waals surface area contributed by atoms with E-state index in [-0.39, 0.29) is 19.3 Å². The fraction of sp³-hybridized carbons (Fsp3) is 1.00. The van der Waals surface area contributed by atoms with Gasteiger partial charge < -0.3 is 18.9 Å². The highest BCUT2D eigenvalue weighted by molar-refractivity contribution is 7.49. The Bertz CT molecular complexity index is 341. The largest absolute Gasteiger partial charge is 0.766 e. The minimum absolute atomic E-state index is 0.0337. The Kier molecular flexibility index (Phi) is 3.70. The fourth-order valence-corrected chi connectivity index (χ4v) is 3.22. The van der Waals surface area contributed by atoms with Crippen molar-refractivity contribution in [2.75, 3.05) is 13.2 Å². The van der Waals surface area contributed by atoms with Gasteiger partial charge in [0.1, 0.15) is 13.4 Å². The first kappa shape index (κ1) is 13.5. The molecule has 0 spiro atoms. The van der Waals surface area contributed by atoms with Crippen LogP contribution in [0.4, 0.5) is 0 Å². The van der Waals surface area contributed by atoms with Crippen molar-refractivity contribution in [2.24, 2.45) is 0 Å². The molecule has 2 fully saturated rings. The zero-order chi connectivity index (χ0) is 12.7. The van der Waals surface area contributed by atoms with E-state index in [9.17, 15) is 9.46 Å². The van der Waals surface area contributed by atoms with E-state index in [0.717, 1.165) is 0 Å². The molecule has 2 radical (unpaired) electrons. The van der Waals surface area contributed by atoms with Crippen LogP contribution in [0.2, 0.25) is 0 Å². The van der Waals surface area contributed by atoms with Gasteiger partial charge in [0, 0.05) is 12.5 Å². The van der Waals surface area contributed by atoms with E-state index in [0.29, 0.717) is 6.42 Å². The highest BCUT2D eigenvalue weighted by atomic mass is 31.2. The summed E-state index contributed by atoms with van der Waals surface area (Å²) in [4.78, 5) is 11.3. The third-order valence-electron chi connectivity index (χ3n) is 2.92.